The van der Waals surface area contributed by atoms with Gasteiger partial charge in [-0.3, -0.25) is 9.59 Å². The molecular weight excluding hydrogens is 458 g/mol. The van der Waals surface area contributed by atoms with Crippen molar-refractivity contribution in [3.05, 3.63) is 94.5 Å². The Kier molecular flexibility index (Phi) is 8.37. The molecule has 6 nitrogen and oxygen atoms in total. The summed E-state index contributed by atoms with van der Waals surface area (Å²) in [7, 11) is 0. The van der Waals surface area contributed by atoms with E-state index in [9.17, 15) is 9.59 Å². The van der Waals surface area contributed by atoms with Crippen LogP contribution < -0.4 is 15.5 Å². The Balaban J connectivity index is 1.45. The number of hydrogen-bond acceptors (Lipinski definition) is 4. The van der Waals surface area contributed by atoms with Gasteiger partial charge in [0.2, 0.25) is 11.8 Å². The predicted molar refractivity (Wildman–Crippen MR) is 125 cm³/mol. The van der Waals surface area contributed by atoms with Gasteiger partial charge < -0.3 is 10.1 Å². The molecule has 0 aliphatic rings. The topological polar surface area (TPSA) is 79.8 Å². The summed E-state index contributed by atoms with van der Waals surface area (Å²) in [4.78, 5) is 24.0. The molecular formula is C24H22BrN3O3. The Labute approximate surface area is 189 Å². The maximum absolute atomic E-state index is 12.0. The molecule has 0 saturated heterocycles. The van der Waals surface area contributed by atoms with Crippen molar-refractivity contribution in [3.63, 3.8) is 0 Å². The second-order valence-electron chi connectivity index (χ2n) is 6.66. The molecule has 0 aromatic heterocycles. The van der Waals surface area contributed by atoms with Crippen LogP contribution >= 0.6 is 15.9 Å². The van der Waals surface area contributed by atoms with Gasteiger partial charge in [-0.1, -0.05) is 58.4 Å². The number of para-hydroxylation sites is 1. The molecule has 3 aromatic carbocycles. The van der Waals surface area contributed by atoms with Crippen molar-refractivity contribution in [2.24, 2.45) is 5.10 Å². The van der Waals surface area contributed by atoms with Gasteiger partial charge in [0.25, 0.3) is 0 Å². The molecule has 0 saturated carbocycles. The molecule has 0 bridgehead atoms. The Bertz CT molecular complexity index is 1040. The molecule has 3 rings (SSSR count). The minimum absolute atomic E-state index is 0.0336. The molecule has 158 valence electrons. The maximum atomic E-state index is 12.0. The van der Waals surface area contributed by atoms with Gasteiger partial charge in [0.1, 0.15) is 12.4 Å². The number of benzene rings is 3. The average Bonchev–Trinajstić information content (AvgIpc) is 2.79. The summed E-state index contributed by atoms with van der Waals surface area (Å²) in [5.41, 5.74) is 4.93. The molecule has 0 fully saturated rings. The largest absolute Gasteiger partial charge is 0.488 e. The number of halogens is 1. The van der Waals surface area contributed by atoms with Gasteiger partial charge in [0, 0.05) is 28.6 Å². The molecule has 31 heavy (non-hydrogen) atoms. The zero-order valence-corrected chi connectivity index (χ0v) is 18.3. The lowest BCUT2D eigenvalue weighted by molar-refractivity contribution is -0.124. The van der Waals surface area contributed by atoms with Crippen LogP contribution in [-0.2, 0) is 16.2 Å². The highest BCUT2D eigenvalue weighted by atomic mass is 79.9. The molecule has 2 amide bonds. The summed E-state index contributed by atoms with van der Waals surface area (Å²) in [5.74, 6) is 0.0872. The van der Waals surface area contributed by atoms with Gasteiger partial charge >= 0.3 is 0 Å². The van der Waals surface area contributed by atoms with E-state index in [1.54, 1.807) is 12.1 Å². The van der Waals surface area contributed by atoms with Crippen LogP contribution in [0.4, 0.5) is 5.69 Å². The van der Waals surface area contributed by atoms with Crippen LogP contribution in [0.2, 0.25) is 0 Å². The summed E-state index contributed by atoms with van der Waals surface area (Å²) in [6.07, 6.45) is 1.63. The fraction of sp³-hybridized carbons (Fsp3) is 0.125. The van der Waals surface area contributed by atoms with E-state index in [1.807, 2.05) is 66.7 Å². The molecule has 0 heterocycles. The van der Waals surface area contributed by atoms with E-state index in [4.69, 9.17) is 4.74 Å². The van der Waals surface area contributed by atoms with Crippen molar-refractivity contribution < 1.29 is 14.3 Å². The first-order chi connectivity index (χ1) is 15.1. The minimum Gasteiger partial charge on any atom is -0.488 e. The molecule has 2 N–H and O–H groups in total. The molecule has 0 unspecified atom stereocenters. The second kappa shape index (κ2) is 11.7. The molecule has 0 atom stereocenters. The zero-order valence-electron chi connectivity index (χ0n) is 16.8. The van der Waals surface area contributed by atoms with Gasteiger partial charge in [0.05, 0.1) is 6.21 Å². The second-order valence-corrected chi connectivity index (χ2v) is 7.58. The first-order valence-corrected chi connectivity index (χ1v) is 10.5. The van der Waals surface area contributed by atoms with E-state index >= 15 is 0 Å². The number of carbonyl (C=O) groups is 2. The maximum Gasteiger partial charge on any atom is 0.240 e. The van der Waals surface area contributed by atoms with E-state index in [-0.39, 0.29) is 24.7 Å². The predicted octanol–water partition coefficient (Wildman–Crippen LogP) is 4.90. The number of nitrogens with one attached hydrogen (secondary N) is 2. The first-order valence-electron chi connectivity index (χ1n) is 9.73. The number of hydrogen-bond donors (Lipinski definition) is 2. The Morgan fingerprint density at radius 2 is 1.55 bits per heavy atom. The van der Waals surface area contributed by atoms with Gasteiger partial charge in [-0.25, -0.2) is 5.43 Å². The summed E-state index contributed by atoms with van der Waals surface area (Å²) in [6, 6.07) is 24.5. The molecule has 0 radical (unpaired) electrons. The lowest BCUT2D eigenvalue weighted by Crippen LogP contribution is -2.20. The highest BCUT2D eigenvalue weighted by Crippen LogP contribution is 2.17. The Morgan fingerprint density at radius 3 is 2.32 bits per heavy atom. The minimum atomic E-state index is -0.343. The molecule has 0 spiro atoms. The Hall–Kier alpha value is -3.45. The smallest absolute Gasteiger partial charge is 0.240 e. The highest BCUT2D eigenvalue weighted by Gasteiger charge is 2.07. The monoisotopic (exact) mass is 479 g/mol. The number of anilines is 1. The van der Waals surface area contributed by atoms with Crippen molar-refractivity contribution in [3.8, 4) is 5.75 Å². The fourth-order valence-corrected chi connectivity index (χ4v) is 2.93. The number of carbonyl (C=O) groups excluding carboxylic acids is 2. The van der Waals surface area contributed by atoms with E-state index in [1.165, 1.54) is 6.21 Å². The molecule has 3 aromatic rings. The summed E-state index contributed by atoms with van der Waals surface area (Å²) in [6.45, 7) is 0.436. The van der Waals surface area contributed by atoms with E-state index in [0.29, 0.717) is 18.0 Å². The van der Waals surface area contributed by atoms with Crippen molar-refractivity contribution in [1.82, 2.24) is 5.43 Å². The van der Waals surface area contributed by atoms with Crippen LogP contribution in [0.15, 0.2) is 88.4 Å². The van der Waals surface area contributed by atoms with E-state index in [2.05, 4.69) is 31.8 Å². The lowest BCUT2D eigenvalue weighted by Gasteiger charge is -2.09. The quantitative estimate of drug-likeness (QED) is 0.338. The average molecular weight is 480 g/mol. The van der Waals surface area contributed by atoms with Crippen LogP contribution in [-0.4, -0.2) is 18.0 Å². The number of hydrazone groups is 1. The summed E-state index contributed by atoms with van der Waals surface area (Å²) in [5, 5.41) is 6.73. The van der Waals surface area contributed by atoms with Crippen LogP contribution in [0.1, 0.15) is 24.0 Å². The van der Waals surface area contributed by atoms with Gasteiger partial charge in [-0.2, -0.15) is 5.10 Å². The van der Waals surface area contributed by atoms with Gasteiger partial charge in [-0.05, 0) is 42.0 Å². The fourth-order valence-electron chi connectivity index (χ4n) is 2.67. The third-order valence-electron chi connectivity index (χ3n) is 4.26. The highest BCUT2D eigenvalue weighted by molar-refractivity contribution is 9.10. The molecule has 7 heteroatoms. The molecule has 0 aliphatic carbocycles. The van der Waals surface area contributed by atoms with Crippen LogP contribution in [0.25, 0.3) is 0 Å². The third-order valence-corrected chi connectivity index (χ3v) is 4.78. The number of amides is 2. The van der Waals surface area contributed by atoms with Gasteiger partial charge in [0.15, 0.2) is 0 Å². The number of ether oxygens (including phenoxy) is 1. The first kappa shape index (κ1) is 22.2. The SMILES string of the molecule is O=C(CCC(=O)Nc1ccc(Br)cc1)NN=Cc1ccccc1OCc1ccccc1. The standard InChI is InChI=1S/C24H22BrN3O3/c25-20-10-12-21(13-11-20)27-23(29)14-15-24(30)28-26-16-19-8-4-5-9-22(19)31-17-18-6-2-1-3-7-18/h1-13,16H,14-15,17H2,(H,27,29)(H,28,30). The summed E-state index contributed by atoms with van der Waals surface area (Å²) < 4.78 is 6.79. The Morgan fingerprint density at radius 1 is 0.871 bits per heavy atom. The van der Waals surface area contributed by atoms with Crippen molar-refractivity contribution in [1.29, 1.82) is 0 Å². The number of rotatable bonds is 9. The van der Waals surface area contributed by atoms with Crippen molar-refractivity contribution in [2.45, 2.75) is 19.4 Å². The zero-order chi connectivity index (χ0) is 21.9. The third kappa shape index (κ3) is 7.71. The van der Waals surface area contributed by atoms with E-state index in [0.717, 1.165) is 15.6 Å². The van der Waals surface area contributed by atoms with Gasteiger partial charge in [-0.15, -0.1) is 0 Å². The van der Waals surface area contributed by atoms with Crippen LogP contribution in [0, 0.1) is 0 Å². The van der Waals surface area contributed by atoms with Crippen LogP contribution in [0.5, 0.6) is 5.75 Å². The number of nitrogens with zero attached hydrogens (tertiary/aromatic N) is 1. The normalized spacial score (nSPS) is 10.6. The van der Waals surface area contributed by atoms with Crippen molar-refractivity contribution >= 4 is 39.6 Å². The van der Waals surface area contributed by atoms with E-state index < -0.39 is 0 Å². The van der Waals surface area contributed by atoms with Crippen molar-refractivity contribution in [2.75, 3.05) is 5.32 Å². The summed E-state index contributed by atoms with van der Waals surface area (Å²) >= 11 is 3.34. The molecule has 0 aliphatic heterocycles. The lowest BCUT2D eigenvalue weighted by atomic mass is 10.2. The van der Waals surface area contributed by atoms with Crippen LogP contribution in [0.3, 0.4) is 0 Å².